The third kappa shape index (κ3) is 2.20. The molecule has 1 aromatic carbocycles. The molecule has 0 aliphatic heterocycles. The van der Waals surface area contributed by atoms with Crippen LogP contribution in [0.3, 0.4) is 0 Å². The van der Waals surface area contributed by atoms with Crippen molar-refractivity contribution < 1.29 is 0 Å². The van der Waals surface area contributed by atoms with Crippen LogP contribution in [-0.4, -0.2) is 0 Å². The minimum absolute atomic E-state index is 0.322. The van der Waals surface area contributed by atoms with Gasteiger partial charge < -0.3 is 0 Å². The maximum Gasteiger partial charge on any atom is -0.0134 e. The van der Waals surface area contributed by atoms with Crippen molar-refractivity contribution in [3.05, 3.63) is 53.6 Å². The van der Waals surface area contributed by atoms with Gasteiger partial charge in [-0.3, -0.25) is 0 Å². The van der Waals surface area contributed by atoms with Crippen molar-refractivity contribution in [3.63, 3.8) is 0 Å². The highest BCUT2D eigenvalue weighted by molar-refractivity contribution is 5.79. The van der Waals surface area contributed by atoms with Gasteiger partial charge in [-0.2, -0.15) is 0 Å². The topological polar surface area (TPSA) is 0 Å². The van der Waals surface area contributed by atoms with Gasteiger partial charge in [0.2, 0.25) is 0 Å². The molecule has 0 amide bonds. The Morgan fingerprint density at radius 1 is 1.07 bits per heavy atom. The third-order valence-electron chi connectivity index (χ3n) is 2.95. The Morgan fingerprint density at radius 3 is 2.33 bits per heavy atom. The predicted molar refractivity (Wildman–Crippen MR) is 66.6 cm³/mol. The second kappa shape index (κ2) is 3.69. The summed E-state index contributed by atoms with van der Waals surface area (Å²) < 4.78 is 0. The highest BCUT2D eigenvalue weighted by Gasteiger charge is 2.19. The highest BCUT2D eigenvalue weighted by atomic mass is 14.2. The summed E-state index contributed by atoms with van der Waals surface area (Å²) in [5.41, 5.74) is 4.46. The maximum atomic E-state index is 2.38. The second-order valence-electron chi connectivity index (χ2n) is 5.00. The van der Waals surface area contributed by atoms with Crippen molar-refractivity contribution in [2.45, 2.75) is 27.2 Å². The molecule has 0 saturated carbocycles. The van der Waals surface area contributed by atoms with Crippen molar-refractivity contribution in [3.8, 4) is 0 Å². The quantitative estimate of drug-likeness (QED) is 0.625. The second-order valence-corrected chi connectivity index (χ2v) is 5.00. The Bertz CT molecular complexity index is 405. The molecule has 1 aliphatic rings. The Kier molecular flexibility index (Phi) is 2.52. The van der Waals surface area contributed by atoms with Crippen LogP contribution in [0, 0.1) is 5.41 Å². The van der Waals surface area contributed by atoms with Gasteiger partial charge in [-0.05, 0) is 35.5 Å². The smallest absolute Gasteiger partial charge is 0.0134 e. The molecule has 2 rings (SSSR count). The van der Waals surface area contributed by atoms with Crippen molar-refractivity contribution >= 4 is 5.57 Å². The molecule has 0 N–H and O–H groups in total. The lowest BCUT2D eigenvalue weighted by Gasteiger charge is -2.26. The van der Waals surface area contributed by atoms with E-state index < -0.39 is 0 Å². The lowest BCUT2D eigenvalue weighted by molar-refractivity contribution is 0.482. The molecule has 0 unspecified atom stereocenters. The third-order valence-corrected chi connectivity index (χ3v) is 2.95. The molecule has 78 valence electrons. The molecule has 0 bridgehead atoms. The van der Waals surface area contributed by atoms with Crippen molar-refractivity contribution in [1.29, 1.82) is 0 Å². The maximum absolute atomic E-state index is 2.38. The van der Waals surface area contributed by atoms with E-state index >= 15 is 0 Å². The molecule has 0 heterocycles. The van der Waals surface area contributed by atoms with Gasteiger partial charge >= 0.3 is 0 Å². The molecule has 0 nitrogen and oxygen atoms in total. The van der Waals surface area contributed by atoms with E-state index in [1.54, 1.807) is 0 Å². The number of rotatable bonds is 1. The number of hydrogen-bond donors (Lipinski definition) is 0. The predicted octanol–water partition coefficient (Wildman–Crippen LogP) is 4.45. The summed E-state index contributed by atoms with van der Waals surface area (Å²) >= 11 is 0. The van der Waals surface area contributed by atoms with Gasteiger partial charge in [0, 0.05) is 0 Å². The molecule has 15 heavy (non-hydrogen) atoms. The molecule has 0 saturated heterocycles. The van der Waals surface area contributed by atoms with Gasteiger partial charge in [-0.1, -0.05) is 56.3 Å². The van der Waals surface area contributed by atoms with Crippen LogP contribution < -0.4 is 0 Å². The van der Waals surface area contributed by atoms with E-state index in [0.717, 1.165) is 6.42 Å². The summed E-state index contributed by atoms with van der Waals surface area (Å²) in [6.45, 7) is 6.78. The molecule has 0 fully saturated rings. The van der Waals surface area contributed by atoms with Crippen molar-refractivity contribution in [1.82, 2.24) is 0 Å². The lowest BCUT2D eigenvalue weighted by atomic mass is 9.79. The van der Waals surface area contributed by atoms with Gasteiger partial charge in [0.1, 0.15) is 0 Å². The van der Waals surface area contributed by atoms with Crippen molar-refractivity contribution in [2.75, 3.05) is 0 Å². The fraction of sp³-hybridized carbons (Fsp3) is 0.333. The summed E-state index contributed by atoms with van der Waals surface area (Å²) in [6, 6.07) is 10.6. The lowest BCUT2D eigenvalue weighted by Crippen LogP contribution is -2.11. The Balaban J connectivity index is 2.35. The first-order chi connectivity index (χ1) is 7.08. The minimum Gasteiger partial charge on any atom is -0.0756 e. The first kappa shape index (κ1) is 10.2. The largest absolute Gasteiger partial charge is 0.0756 e. The van der Waals surface area contributed by atoms with E-state index in [2.05, 4.69) is 63.3 Å². The van der Waals surface area contributed by atoms with E-state index in [9.17, 15) is 0 Å². The average Bonchev–Trinajstić information content (AvgIpc) is 2.17. The zero-order valence-electron chi connectivity index (χ0n) is 9.75. The van der Waals surface area contributed by atoms with Gasteiger partial charge in [0.15, 0.2) is 0 Å². The SMILES string of the molecule is CC1=CC(C)(C)CC=C1c1ccccc1. The van der Waals surface area contributed by atoms with Gasteiger partial charge in [-0.25, -0.2) is 0 Å². The first-order valence-corrected chi connectivity index (χ1v) is 5.54. The normalized spacial score (nSPS) is 19.4. The molecular weight excluding hydrogens is 180 g/mol. The van der Waals surface area contributed by atoms with E-state index in [1.807, 2.05) is 0 Å². The Labute approximate surface area is 92.3 Å². The summed E-state index contributed by atoms with van der Waals surface area (Å²) in [6.07, 6.45) is 5.88. The summed E-state index contributed by atoms with van der Waals surface area (Å²) in [7, 11) is 0. The highest BCUT2D eigenvalue weighted by Crippen LogP contribution is 2.36. The van der Waals surface area contributed by atoms with Gasteiger partial charge in [0.05, 0.1) is 0 Å². The summed E-state index contributed by atoms with van der Waals surface area (Å²) in [5.74, 6) is 0. The molecule has 1 aromatic rings. The summed E-state index contributed by atoms with van der Waals surface area (Å²) in [4.78, 5) is 0. The number of hydrogen-bond acceptors (Lipinski definition) is 0. The molecule has 0 heteroatoms. The van der Waals surface area contributed by atoms with Crippen LogP contribution in [0.1, 0.15) is 32.8 Å². The van der Waals surface area contributed by atoms with Crippen LogP contribution in [0.4, 0.5) is 0 Å². The fourth-order valence-corrected chi connectivity index (χ4v) is 2.21. The van der Waals surface area contributed by atoms with Crippen LogP contribution in [0.2, 0.25) is 0 Å². The molecule has 1 aliphatic carbocycles. The zero-order valence-corrected chi connectivity index (χ0v) is 9.75. The fourth-order valence-electron chi connectivity index (χ4n) is 2.21. The van der Waals surface area contributed by atoms with Crippen molar-refractivity contribution in [2.24, 2.45) is 5.41 Å². The van der Waals surface area contributed by atoms with E-state index in [4.69, 9.17) is 0 Å². The van der Waals surface area contributed by atoms with Crippen LogP contribution in [-0.2, 0) is 0 Å². The van der Waals surface area contributed by atoms with E-state index in [-0.39, 0.29) is 0 Å². The minimum atomic E-state index is 0.322. The van der Waals surface area contributed by atoms with Gasteiger partial charge in [0.25, 0.3) is 0 Å². The standard InChI is InChI=1S/C15H18/c1-12-11-15(2,3)10-9-14(12)13-7-5-4-6-8-13/h4-9,11H,10H2,1-3H3. The molecule has 0 spiro atoms. The molecule has 0 radical (unpaired) electrons. The summed E-state index contributed by atoms with van der Waals surface area (Å²) in [5, 5.41) is 0. The van der Waals surface area contributed by atoms with Crippen LogP contribution >= 0.6 is 0 Å². The van der Waals surface area contributed by atoms with E-state index in [0.29, 0.717) is 5.41 Å². The Hall–Kier alpha value is -1.30. The molecular formula is C15H18. The first-order valence-electron chi connectivity index (χ1n) is 5.54. The zero-order chi connectivity index (χ0) is 10.9. The van der Waals surface area contributed by atoms with E-state index in [1.165, 1.54) is 16.7 Å². The van der Waals surface area contributed by atoms with Crippen LogP contribution in [0.15, 0.2) is 48.1 Å². The van der Waals surface area contributed by atoms with Gasteiger partial charge in [-0.15, -0.1) is 0 Å². The van der Waals surface area contributed by atoms with Crippen LogP contribution in [0.25, 0.3) is 5.57 Å². The number of allylic oxidation sites excluding steroid dienone is 4. The van der Waals surface area contributed by atoms with Crippen LogP contribution in [0.5, 0.6) is 0 Å². The average molecular weight is 198 g/mol. The molecule has 0 aromatic heterocycles. The molecule has 0 atom stereocenters. The monoisotopic (exact) mass is 198 g/mol. The Morgan fingerprint density at radius 2 is 1.73 bits per heavy atom. The number of benzene rings is 1.